The molecule has 0 saturated carbocycles. The molecule has 0 aliphatic heterocycles. The van der Waals surface area contributed by atoms with E-state index < -0.39 is 8.07 Å². The minimum absolute atomic E-state index is 0.560. The van der Waals surface area contributed by atoms with Crippen LogP contribution in [0.25, 0.3) is 6.08 Å². The number of aryl methyl sites for hydroxylation is 1. The van der Waals surface area contributed by atoms with Crippen LogP contribution in [0.4, 0.5) is 0 Å². The van der Waals surface area contributed by atoms with E-state index in [-0.39, 0.29) is 0 Å². The molecular formula is C19H24Si. The van der Waals surface area contributed by atoms with Crippen molar-refractivity contribution in [3.05, 3.63) is 77.4 Å². The van der Waals surface area contributed by atoms with Gasteiger partial charge in [-0.15, -0.1) is 0 Å². The van der Waals surface area contributed by atoms with Crippen molar-refractivity contribution in [3.8, 4) is 0 Å². The van der Waals surface area contributed by atoms with E-state index in [9.17, 15) is 0 Å². The molecule has 2 rings (SSSR count). The Morgan fingerprint density at radius 1 is 0.850 bits per heavy atom. The zero-order valence-corrected chi connectivity index (χ0v) is 13.9. The largest absolute Gasteiger partial charge is 0.0792 e. The maximum Gasteiger partial charge on any atom is 0.0565 e. The van der Waals surface area contributed by atoms with E-state index in [0.29, 0.717) is 5.54 Å². The molecule has 104 valence electrons. The second-order valence-electron chi connectivity index (χ2n) is 6.52. The van der Waals surface area contributed by atoms with Gasteiger partial charge in [-0.2, -0.15) is 0 Å². The average molecular weight is 280 g/mol. The molecule has 0 saturated heterocycles. The third kappa shape index (κ3) is 3.94. The summed E-state index contributed by atoms with van der Waals surface area (Å²) in [5, 5.41) is 0. The summed E-state index contributed by atoms with van der Waals surface area (Å²) in [6, 6.07) is 19.6. The van der Waals surface area contributed by atoms with Gasteiger partial charge in [0.25, 0.3) is 0 Å². The molecule has 0 heterocycles. The predicted molar refractivity (Wildman–Crippen MR) is 92.7 cm³/mol. The van der Waals surface area contributed by atoms with Crippen molar-refractivity contribution in [2.45, 2.75) is 32.1 Å². The average Bonchev–Trinajstić information content (AvgIpc) is 2.41. The van der Waals surface area contributed by atoms with Gasteiger partial charge in [-0.3, -0.25) is 0 Å². The molecule has 0 aromatic heterocycles. The third-order valence-electron chi connectivity index (χ3n) is 3.65. The highest BCUT2D eigenvalue weighted by atomic mass is 28.3. The minimum atomic E-state index is -1.28. The maximum absolute atomic E-state index is 2.43. The lowest BCUT2D eigenvalue weighted by molar-refractivity contribution is 1.14. The molecule has 1 atom stereocenters. The first-order valence-electron chi connectivity index (χ1n) is 7.26. The molecule has 2 aromatic carbocycles. The van der Waals surface area contributed by atoms with Crippen molar-refractivity contribution in [2.24, 2.45) is 0 Å². The zero-order valence-electron chi connectivity index (χ0n) is 12.9. The van der Waals surface area contributed by atoms with Gasteiger partial charge >= 0.3 is 0 Å². The Labute approximate surface area is 124 Å². The van der Waals surface area contributed by atoms with Crippen molar-refractivity contribution in [1.29, 1.82) is 0 Å². The number of rotatable bonds is 4. The SMILES string of the molecule is Cc1ccc(/C=C/C(c2ccccc2)[Si](C)(C)C)cc1. The van der Waals surface area contributed by atoms with E-state index in [4.69, 9.17) is 0 Å². The Balaban J connectivity index is 2.27. The number of hydrogen-bond donors (Lipinski definition) is 0. The van der Waals surface area contributed by atoms with Crippen molar-refractivity contribution in [3.63, 3.8) is 0 Å². The molecule has 0 aliphatic carbocycles. The van der Waals surface area contributed by atoms with Gasteiger partial charge < -0.3 is 0 Å². The summed E-state index contributed by atoms with van der Waals surface area (Å²) in [7, 11) is -1.28. The Kier molecular flexibility index (Phi) is 4.61. The van der Waals surface area contributed by atoms with E-state index >= 15 is 0 Å². The van der Waals surface area contributed by atoms with Crippen LogP contribution in [0.15, 0.2) is 60.7 Å². The summed E-state index contributed by atoms with van der Waals surface area (Å²) in [5.74, 6) is 0. The van der Waals surface area contributed by atoms with Crippen LogP contribution in [0.3, 0.4) is 0 Å². The lowest BCUT2D eigenvalue weighted by Crippen LogP contribution is -2.29. The predicted octanol–water partition coefficient (Wildman–Crippen LogP) is 5.67. The highest BCUT2D eigenvalue weighted by molar-refractivity contribution is 6.78. The standard InChI is InChI=1S/C19H24Si/c1-16-10-12-17(13-11-16)14-15-19(20(2,3)4)18-8-6-5-7-9-18/h5-15,19H,1-4H3/b15-14+. The summed E-state index contributed by atoms with van der Waals surface area (Å²) in [6.45, 7) is 9.43. The molecule has 0 aliphatic rings. The maximum atomic E-state index is 2.43. The summed E-state index contributed by atoms with van der Waals surface area (Å²) < 4.78 is 0. The monoisotopic (exact) mass is 280 g/mol. The van der Waals surface area contributed by atoms with Crippen LogP contribution in [0.5, 0.6) is 0 Å². The van der Waals surface area contributed by atoms with Crippen molar-refractivity contribution < 1.29 is 0 Å². The molecule has 0 N–H and O–H groups in total. The fourth-order valence-electron chi connectivity index (χ4n) is 2.45. The first-order valence-corrected chi connectivity index (χ1v) is 10.8. The lowest BCUT2D eigenvalue weighted by atomic mass is 10.1. The minimum Gasteiger partial charge on any atom is -0.0792 e. The van der Waals surface area contributed by atoms with E-state index in [1.807, 2.05) is 0 Å². The second-order valence-corrected chi connectivity index (χ2v) is 11.9. The Bertz CT molecular complexity index is 559. The van der Waals surface area contributed by atoms with Crippen molar-refractivity contribution in [1.82, 2.24) is 0 Å². The van der Waals surface area contributed by atoms with Gasteiger partial charge in [-0.05, 0) is 23.6 Å². The van der Waals surface area contributed by atoms with Gasteiger partial charge in [0.1, 0.15) is 0 Å². The van der Waals surface area contributed by atoms with Crippen LogP contribution in [0.1, 0.15) is 22.2 Å². The van der Waals surface area contributed by atoms with Crippen LogP contribution in [-0.4, -0.2) is 8.07 Å². The summed E-state index contributed by atoms with van der Waals surface area (Å²) in [6.07, 6.45) is 4.67. The Morgan fingerprint density at radius 2 is 1.45 bits per heavy atom. The van der Waals surface area contributed by atoms with Crippen molar-refractivity contribution >= 4 is 14.1 Å². The molecule has 2 aromatic rings. The lowest BCUT2D eigenvalue weighted by Gasteiger charge is -2.26. The smallest absolute Gasteiger partial charge is 0.0565 e. The fraction of sp³-hybridized carbons (Fsp3) is 0.263. The number of allylic oxidation sites excluding steroid dienone is 1. The number of hydrogen-bond acceptors (Lipinski definition) is 0. The van der Waals surface area contributed by atoms with E-state index in [1.165, 1.54) is 16.7 Å². The molecule has 0 amide bonds. The second kappa shape index (κ2) is 6.23. The molecule has 0 radical (unpaired) electrons. The van der Waals surface area contributed by atoms with Gasteiger partial charge in [-0.1, -0.05) is 92.0 Å². The highest BCUT2D eigenvalue weighted by Gasteiger charge is 2.25. The topological polar surface area (TPSA) is 0 Å². The molecule has 0 fully saturated rings. The van der Waals surface area contributed by atoms with Crippen LogP contribution >= 0.6 is 0 Å². The zero-order chi connectivity index (χ0) is 14.6. The fourth-order valence-corrected chi connectivity index (χ4v) is 4.31. The van der Waals surface area contributed by atoms with Gasteiger partial charge in [0.15, 0.2) is 0 Å². The van der Waals surface area contributed by atoms with Crippen molar-refractivity contribution in [2.75, 3.05) is 0 Å². The van der Waals surface area contributed by atoms with Gasteiger partial charge in [0.05, 0.1) is 8.07 Å². The summed E-state index contributed by atoms with van der Waals surface area (Å²) in [5.41, 5.74) is 4.60. The molecule has 1 unspecified atom stereocenters. The van der Waals surface area contributed by atoms with Crippen LogP contribution in [-0.2, 0) is 0 Å². The first kappa shape index (κ1) is 14.8. The molecule has 1 heteroatoms. The molecule has 0 bridgehead atoms. The molecule has 20 heavy (non-hydrogen) atoms. The highest BCUT2D eigenvalue weighted by Crippen LogP contribution is 2.29. The van der Waals surface area contributed by atoms with E-state index in [0.717, 1.165) is 0 Å². The van der Waals surface area contributed by atoms with E-state index in [1.54, 1.807) is 0 Å². The van der Waals surface area contributed by atoms with Crippen LogP contribution in [0.2, 0.25) is 19.6 Å². The quantitative estimate of drug-likeness (QED) is 0.633. The number of benzene rings is 2. The molecule has 0 nitrogen and oxygen atoms in total. The summed E-state index contributed by atoms with van der Waals surface area (Å²) >= 11 is 0. The Hall–Kier alpha value is -1.60. The Morgan fingerprint density at radius 3 is 2.00 bits per heavy atom. The van der Waals surface area contributed by atoms with Gasteiger partial charge in [-0.25, -0.2) is 0 Å². The van der Waals surface area contributed by atoms with Crippen LogP contribution in [0, 0.1) is 6.92 Å². The third-order valence-corrected chi connectivity index (χ3v) is 6.04. The van der Waals surface area contributed by atoms with Gasteiger partial charge in [0.2, 0.25) is 0 Å². The van der Waals surface area contributed by atoms with Crippen LogP contribution < -0.4 is 0 Å². The first-order chi connectivity index (χ1) is 9.47. The van der Waals surface area contributed by atoms with E-state index in [2.05, 4.69) is 93.3 Å². The molecule has 0 spiro atoms. The molecular weight excluding hydrogens is 256 g/mol. The normalized spacial score (nSPS) is 13.6. The summed E-state index contributed by atoms with van der Waals surface area (Å²) in [4.78, 5) is 0. The van der Waals surface area contributed by atoms with Gasteiger partial charge in [0, 0.05) is 0 Å².